The van der Waals surface area contributed by atoms with Crippen LogP contribution in [0, 0.1) is 0 Å². The third kappa shape index (κ3) is 3.32. The van der Waals surface area contributed by atoms with Gasteiger partial charge in [0.15, 0.2) is 0 Å². The molecule has 0 atom stereocenters. The van der Waals surface area contributed by atoms with Crippen molar-refractivity contribution in [3.8, 4) is 0 Å². The number of carbonyl (C=O) groups excluding carboxylic acids is 1. The predicted octanol–water partition coefficient (Wildman–Crippen LogP) is 3.39. The first kappa shape index (κ1) is 15.0. The molecule has 1 saturated carbocycles. The van der Waals surface area contributed by atoms with E-state index in [2.05, 4.69) is 6.07 Å². The molecule has 1 aromatic rings. The van der Waals surface area contributed by atoms with Crippen molar-refractivity contribution in [1.82, 2.24) is 4.90 Å². The van der Waals surface area contributed by atoms with E-state index in [9.17, 15) is 4.79 Å². The molecule has 2 aliphatic rings. The Morgan fingerprint density at radius 2 is 2.05 bits per heavy atom. The second-order valence-corrected chi connectivity index (χ2v) is 7.42. The highest BCUT2D eigenvalue weighted by molar-refractivity contribution is 7.14. The van der Waals surface area contributed by atoms with Gasteiger partial charge in [-0.05, 0) is 63.0 Å². The molecule has 21 heavy (non-hydrogen) atoms. The van der Waals surface area contributed by atoms with Crippen LogP contribution in [0.2, 0.25) is 0 Å². The normalized spacial score (nSPS) is 18.7. The van der Waals surface area contributed by atoms with Gasteiger partial charge in [-0.3, -0.25) is 4.79 Å². The zero-order valence-electron chi connectivity index (χ0n) is 12.6. The van der Waals surface area contributed by atoms with Gasteiger partial charge in [0.25, 0.3) is 5.91 Å². The van der Waals surface area contributed by atoms with Crippen LogP contribution in [0.15, 0.2) is 6.07 Å². The lowest BCUT2D eigenvalue weighted by Crippen LogP contribution is -2.44. The Morgan fingerprint density at radius 3 is 2.76 bits per heavy atom. The molecule has 1 N–H and O–H groups in total. The van der Waals surface area contributed by atoms with Gasteiger partial charge in [0.2, 0.25) is 0 Å². The Balaban J connectivity index is 1.75. The van der Waals surface area contributed by atoms with Gasteiger partial charge in [-0.1, -0.05) is 6.42 Å². The van der Waals surface area contributed by atoms with Crippen molar-refractivity contribution in [2.75, 3.05) is 13.2 Å². The molecule has 0 spiro atoms. The molecular weight excluding hydrogens is 282 g/mol. The number of hydrogen-bond acceptors (Lipinski definition) is 3. The molecule has 0 aliphatic heterocycles. The van der Waals surface area contributed by atoms with Crippen LogP contribution in [-0.2, 0) is 12.8 Å². The molecule has 0 saturated heterocycles. The topological polar surface area (TPSA) is 40.5 Å². The second-order valence-electron chi connectivity index (χ2n) is 6.28. The number of aliphatic hydroxyl groups is 1. The maximum atomic E-state index is 12.8. The van der Waals surface area contributed by atoms with Crippen LogP contribution in [0.3, 0.4) is 0 Å². The molecule has 0 unspecified atom stereocenters. The first-order chi connectivity index (χ1) is 10.3. The quantitative estimate of drug-likeness (QED) is 0.847. The third-order valence-electron chi connectivity index (χ3n) is 4.79. The van der Waals surface area contributed by atoms with E-state index in [4.69, 9.17) is 5.11 Å². The average molecular weight is 307 g/mol. The van der Waals surface area contributed by atoms with Gasteiger partial charge in [0.05, 0.1) is 4.88 Å². The van der Waals surface area contributed by atoms with Crippen LogP contribution < -0.4 is 0 Å². The molecule has 0 bridgehead atoms. The van der Waals surface area contributed by atoms with Gasteiger partial charge in [0.1, 0.15) is 0 Å². The molecule has 3 rings (SSSR count). The fourth-order valence-electron chi connectivity index (χ4n) is 3.30. The smallest absolute Gasteiger partial charge is 0.264 e. The zero-order valence-corrected chi connectivity index (χ0v) is 13.5. The maximum Gasteiger partial charge on any atom is 0.264 e. The highest BCUT2D eigenvalue weighted by Gasteiger charge is 2.30. The maximum absolute atomic E-state index is 12.8. The molecule has 116 valence electrons. The molecule has 0 radical (unpaired) electrons. The largest absolute Gasteiger partial charge is 0.396 e. The summed E-state index contributed by atoms with van der Waals surface area (Å²) >= 11 is 1.72. The second kappa shape index (κ2) is 6.93. The van der Waals surface area contributed by atoms with E-state index in [1.807, 2.05) is 4.90 Å². The zero-order chi connectivity index (χ0) is 14.7. The highest BCUT2D eigenvalue weighted by Crippen LogP contribution is 2.32. The number of amides is 1. The molecule has 0 aromatic carbocycles. The molecule has 4 heteroatoms. The van der Waals surface area contributed by atoms with Crippen LogP contribution >= 0.6 is 11.3 Å². The number of rotatable bonds is 5. The van der Waals surface area contributed by atoms with Crippen molar-refractivity contribution in [3.05, 3.63) is 21.4 Å². The molecule has 3 nitrogen and oxygen atoms in total. The lowest BCUT2D eigenvalue weighted by atomic mass is 9.91. The van der Waals surface area contributed by atoms with Crippen LogP contribution in [0.1, 0.15) is 65.1 Å². The molecule has 2 aliphatic carbocycles. The van der Waals surface area contributed by atoms with E-state index in [0.717, 1.165) is 30.6 Å². The summed E-state index contributed by atoms with van der Waals surface area (Å²) in [6.07, 6.45) is 10.3. The van der Waals surface area contributed by atoms with Crippen molar-refractivity contribution >= 4 is 17.2 Å². The van der Waals surface area contributed by atoms with Crippen LogP contribution in [-0.4, -0.2) is 35.1 Å². The monoisotopic (exact) mass is 307 g/mol. The van der Waals surface area contributed by atoms with Gasteiger partial charge < -0.3 is 10.0 Å². The Morgan fingerprint density at radius 1 is 1.24 bits per heavy atom. The van der Waals surface area contributed by atoms with Gasteiger partial charge >= 0.3 is 0 Å². The standard InChI is InChI=1S/C17H25NO2S/c19-11-5-10-18(14-7-4-8-14)17(20)16-12-13-6-2-1-3-9-15(13)21-16/h12,14,19H,1-11H2. The number of aliphatic hydroxyl groups excluding tert-OH is 1. The number of hydrogen-bond donors (Lipinski definition) is 1. The summed E-state index contributed by atoms with van der Waals surface area (Å²) in [4.78, 5) is 17.2. The van der Waals surface area contributed by atoms with Crippen LogP contribution in [0.4, 0.5) is 0 Å². The number of nitrogens with zero attached hydrogens (tertiary/aromatic N) is 1. The summed E-state index contributed by atoms with van der Waals surface area (Å²) < 4.78 is 0. The van der Waals surface area contributed by atoms with Crippen molar-refractivity contribution in [2.24, 2.45) is 0 Å². The summed E-state index contributed by atoms with van der Waals surface area (Å²) in [5.74, 6) is 0.200. The van der Waals surface area contributed by atoms with Gasteiger partial charge in [-0.15, -0.1) is 11.3 Å². The molecule has 1 heterocycles. The van der Waals surface area contributed by atoms with E-state index in [1.54, 1.807) is 11.3 Å². The fraction of sp³-hybridized carbons (Fsp3) is 0.706. The first-order valence-corrected chi connectivity index (χ1v) is 9.14. The lowest BCUT2D eigenvalue weighted by molar-refractivity contribution is 0.0567. The number of carbonyl (C=O) groups is 1. The summed E-state index contributed by atoms with van der Waals surface area (Å²) in [5.41, 5.74) is 1.41. The molecular formula is C17H25NO2S. The lowest BCUT2D eigenvalue weighted by Gasteiger charge is -2.37. The van der Waals surface area contributed by atoms with Crippen molar-refractivity contribution in [2.45, 2.75) is 63.8 Å². The highest BCUT2D eigenvalue weighted by atomic mass is 32.1. The summed E-state index contributed by atoms with van der Waals surface area (Å²) in [5, 5.41) is 9.07. The minimum atomic E-state index is 0.164. The average Bonchev–Trinajstić information content (AvgIpc) is 2.72. The van der Waals surface area contributed by atoms with Gasteiger partial charge in [0, 0.05) is 24.1 Å². The van der Waals surface area contributed by atoms with Crippen molar-refractivity contribution in [3.63, 3.8) is 0 Å². The van der Waals surface area contributed by atoms with Crippen molar-refractivity contribution < 1.29 is 9.90 Å². The first-order valence-electron chi connectivity index (χ1n) is 8.33. The summed E-state index contributed by atoms with van der Waals surface area (Å²) in [6.45, 7) is 0.861. The van der Waals surface area contributed by atoms with E-state index >= 15 is 0 Å². The van der Waals surface area contributed by atoms with E-state index < -0.39 is 0 Å². The Hall–Kier alpha value is -0.870. The minimum absolute atomic E-state index is 0.164. The van der Waals surface area contributed by atoms with E-state index in [1.165, 1.54) is 36.1 Å². The Labute approximate surface area is 131 Å². The van der Waals surface area contributed by atoms with E-state index in [-0.39, 0.29) is 12.5 Å². The van der Waals surface area contributed by atoms with E-state index in [0.29, 0.717) is 19.0 Å². The summed E-state index contributed by atoms with van der Waals surface area (Å²) in [6, 6.07) is 2.56. The predicted molar refractivity (Wildman–Crippen MR) is 86.0 cm³/mol. The van der Waals surface area contributed by atoms with Gasteiger partial charge in [-0.2, -0.15) is 0 Å². The minimum Gasteiger partial charge on any atom is -0.396 e. The van der Waals surface area contributed by atoms with Gasteiger partial charge in [-0.25, -0.2) is 0 Å². The van der Waals surface area contributed by atoms with Crippen molar-refractivity contribution in [1.29, 1.82) is 0 Å². The molecule has 1 fully saturated rings. The summed E-state index contributed by atoms with van der Waals surface area (Å²) in [7, 11) is 0. The third-order valence-corrected chi connectivity index (χ3v) is 6.02. The Bertz CT molecular complexity index is 469. The number of fused-ring (bicyclic) bond motifs is 1. The molecule has 1 aromatic heterocycles. The SMILES string of the molecule is O=C(c1cc2c(s1)CCCCC2)N(CCCO)C1CCC1. The number of aryl methyl sites for hydroxylation is 2. The van der Waals surface area contributed by atoms with Crippen LogP contribution in [0.5, 0.6) is 0 Å². The number of thiophene rings is 1. The molecule has 1 amide bonds. The Kier molecular flexibility index (Phi) is 4.96. The van der Waals surface area contributed by atoms with Crippen LogP contribution in [0.25, 0.3) is 0 Å². The fourth-order valence-corrected chi connectivity index (χ4v) is 4.51.